The van der Waals surface area contributed by atoms with Gasteiger partial charge in [-0.3, -0.25) is 9.69 Å². The maximum absolute atomic E-state index is 12.5. The van der Waals surface area contributed by atoms with Crippen molar-refractivity contribution < 1.29 is 4.79 Å². The predicted molar refractivity (Wildman–Crippen MR) is 82.5 cm³/mol. The Hall–Kier alpha value is -0.610. The molecule has 0 spiro atoms. The van der Waals surface area contributed by atoms with Gasteiger partial charge in [0.2, 0.25) is 5.91 Å². The first-order valence-corrected chi connectivity index (χ1v) is 8.53. The Morgan fingerprint density at radius 2 is 1.70 bits per heavy atom. The van der Waals surface area contributed by atoms with Crippen molar-refractivity contribution in [3.8, 4) is 0 Å². The summed E-state index contributed by atoms with van der Waals surface area (Å²) in [4.78, 5) is 17.0. The number of carbonyl (C=O) groups excluding carboxylic acids is 1. The van der Waals surface area contributed by atoms with E-state index in [4.69, 9.17) is 5.73 Å². The molecular weight excluding hydrogens is 250 g/mol. The van der Waals surface area contributed by atoms with Crippen LogP contribution in [0.4, 0.5) is 0 Å². The van der Waals surface area contributed by atoms with Crippen LogP contribution < -0.4 is 5.73 Å². The quantitative estimate of drug-likeness (QED) is 0.810. The van der Waals surface area contributed by atoms with Crippen LogP contribution in [0.2, 0.25) is 0 Å². The molecule has 4 heteroatoms. The molecule has 1 saturated carbocycles. The van der Waals surface area contributed by atoms with E-state index >= 15 is 0 Å². The van der Waals surface area contributed by atoms with Crippen molar-refractivity contribution >= 4 is 5.91 Å². The van der Waals surface area contributed by atoms with Gasteiger partial charge in [0.25, 0.3) is 0 Å². The lowest BCUT2D eigenvalue weighted by Gasteiger charge is -2.36. The third-order valence-corrected chi connectivity index (χ3v) is 4.79. The highest BCUT2D eigenvalue weighted by Crippen LogP contribution is 2.23. The first-order chi connectivity index (χ1) is 9.81. The van der Waals surface area contributed by atoms with Crippen molar-refractivity contribution in [1.82, 2.24) is 9.80 Å². The smallest absolute Gasteiger partial charge is 0.236 e. The molecule has 1 aliphatic carbocycles. The summed E-state index contributed by atoms with van der Waals surface area (Å²) in [7, 11) is 0. The van der Waals surface area contributed by atoms with Crippen molar-refractivity contribution in [1.29, 1.82) is 0 Å². The Labute approximate surface area is 123 Å². The molecule has 2 fully saturated rings. The molecule has 1 saturated heterocycles. The summed E-state index contributed by atoms with van der Waals surface area (Å²) < 4.78 is 0. The van der Waals surface area contributed by atoms with Gasteiger partial charge in [-0.05, 0) is 45.1 Å². The Morgan fingerprint density at radius 3 is 2.35 bits per heavy atom. The molecule has 0 bridgehead atoms. The van der Waals surface area contributed by atoms with E-state index in [1.807, 2.05) is 0 Å². The topological polar surface area (TPSA) is 49.6 Å². The van der Waals surface area contributed by atoms with Crippen LogP contribution in [-0.4, -0.2) is 54.5 Å². The molecule has 1 heterocycles. The second kappa shape index (κ2) is 8.63. The van der Waals surface area contributed by atoms with E-state index in [1.165, 1.54) is 51.4 Å². The number of piperidine rings is 1. The number of hydrogen-bond donors (Lipinski definition) is 1. The fourth-order valence-corrected chi connectivity index (χ4v) is 3.55. The van der Waals surface area contributed by atoms with Crippen molar-refractivity contribution in [3.05, 3.63) is 0 Å². The number of hydrogen-bond acceptors (Lipinski definition) is 3. The molecule has 1 aliphatic heterocycles. The average molecular weight is 281 g/mol. The van der Waals surface area contributed by atoms with E-state index in [1.54, 1.807) is 0 Å². The lowest BCUT2D eigenvalue weighted by molar-refractivity contribution is -0.134. The third-order valence-electron chi connectivity index (χ3n) is 4.79. The standard InChI is InChI=1S/C16H31N3O/c17-10-7-13-19(15-8-3-1-4-9-15)14-16(20)18-11-5-2-6-12-18/h15H,1-14,17H2. The van der Waals surface area contributed by atoms with E-state index < -0.39 is 0 Å². The first kappa shape index (κ1) is 15.8. The van der Waals surface area contributed by atoms with E-state index in [0.29, 0.717) is 18.5 Å². The monoisotopic (exact) mass is 281 g/mol. The fourth-order valence-electron chi connectivity index (χ4n) is 3.55. The lowest BCUT2D eigenvalue weighted by Crippen LogP contribution is -2.47. The van der Waals surface area contributed by atoms with Gasteiger partial charge in [-0.15, -0.1) is 0 Å². The minimum Gasteiger partial charge on any atom is -0.342 e. The van der Waals surface area contributed by atoms with Gasteiger partial charge in [-0.25, -0.2) is 0 Å². The van der Waals surface area contributed by atoms with Crippen LogP contribution in [0.5, 0.6) is 0 Å². The summed E-state index contributed by atoms with van der Waals surface area (Å²) in [6, 6.07) is 0.615. The Balaban J connectivity index is 1.86. The van der Waals surface area contributed by atoms with Gasteiger partial charge in [0.1, 0.15) is 0 Å². The zero-order chi connectivity index (χ0) is 14.2. The number of carbonyl (C=O) groups is 1. The maximum atomic E-state index is 12.5. The normalized spacial score (nSPS) is 21.4. The molecule has 4 nitrogen and oxygen atoms in total. The number of likely N-dealkylation sites (tertiary alicyclic amines) is 1. The van der Waals surface area contributed by atoms with Crippen LogP contribution in [0.1, 0.15) is 57.8 Å². The van der Waals surface area contributed by atoms with Gasteiger partial charge in [-0.1, -0.05) is 19.3 Å². The highest BCUT2D eigenvalue weighted by Gasteiger charge is 2.25. The van der Waals surface area contributed by atoms with Gasteiger partial charge in [0.15, 0.2) is 0 Å². The zero-order valence-electron chi connectivity index (χ0n) is 12.9. The van der Waals surface area contributed by atoms with E-state index in [2.05, 4.69) is 9.80 Å². The number of rotatable bonds is 6. The van der Waals surface area contributed by atoms with Gasteiger partial charge < -0.3 is 10.6 Å². The molecular formula is C16H31N3O. The zero-order valence-corrected chi connectivity index (χ0v) is 12.9. The molecule has 20 heavy (non-hydrogen) atoms. The van der Waals surface area contributed by atoms with E-state index in [-0.39, 0.29) is 0 Å². The highest BCUT2D eigenvalue weighted by molar-refractivity contribution is 5.78. The Bertz CT molecular complexity index is 283. The van der Waals surface area contributed by atoms with Gasteiger partial charge in [0.05, 0.1) is 6.54 Å². The summed E-state index contributed by atoms with van der Waals surface area (Å²) in [5.74, 6) is 0.340. The minimum absolute atomic E-state index is 0.340. The van der Waals surface area contributed by atoms with Crippen LogP contribution in [0.15, 0.2) is 0 Å². The lowest BCUT2D eigenvalue weighted by atomic mass is 9.94. The molecule has 0 aromatic rings. The van der Waals surface area contributed by atoms with Crippen LogP contribution in [0.25, 0.3) is 0 Å². The second-order valence-electron chi connectivity index (χ2n) is 6.35. The van der Waals surface area contributed by atoms with Gasteiger partial charge >= 0.3 is 0 Å². The van der Waals surface area contributed by atoms with Gasteiger partial charge in [-0.2, -0.15) is 0 Å². The fraction of sp³-hybridized carbons (Fsp3) is 0.938. The summed E-state index contributed by atoms with van der Waals surface area (Å²) in [6.45, 7) is 4.26. The molecule has 2 aliphatic rings. The summed E-state index contributed by atoms with van der Waals surface area (Å²) in [6.07, 6.45) is 11.2. The highest BCUT2D eigenvalue weighted by atomic mass is 16.2. The molecule has 2 rings (SSSR count). The molecule has 0 unspecified atom stereocenters. The largest absolute Gasteiger partial charge is 0.342 e. The van der Waals surface area contributed by atoms with Crippen LogP contribution in [-0.2, 0) is 4.79 Å². The van der Waals surface area contributed by atoms with Crippen molar-refractivity contribution in [2.75, 3.05) is 32.7 Å². The molecule has 0 atom stereocenters. The summed E-state index contributed by atoms with van der Waals surface area (Å²) in [5.41, 5.74) is 5.66. The second-order valence-corrected chi connectivity index (χ2v) is 6.35. The first-order valence-electron chi connectivity index (χ1n) is 8.53. The van der Waals surface area contributed by atoms with Crippen molar-refractivity contribution in [2.24, 2.45) is 5.73 Å². The third kappa shape index (κ3) is 4.74. The van der Waals surface area contributed by atoms with Gasteiger partial charge in [0, 0.05) is 25.7 Å². The van der Waals surface area contributed by atoms with Crippen LogP contribution in [0.3, 0.4) is 0 Å². The molecule has 1 amide bonds. The Kier molecular flexibility index (Phi) is 6.80. The molecule has 116 valence electrons. The number of nitrogens with two attached hydrogens (primary N) is 1. The molecule has 0 aromatic carbocycles. The van der Waals surface area contributed by atoms with Crippen molar-refractivity contribution in [2.45, 2.75) is 63.8 Å². The SMILES string of the molecule is NCCCN(CC(=O)N1CCCCC1)C1CCCCC1. The summed E-state index contributed by atoms with van der Waals surface area (Å²) in [5, 5.41) is 0. The van der Waals surface area contributed by atoms with Crippen molar-refractivity contribution in [3.63, 3.8) is 0 Å². The Morgan fingerprint density at radius 1 is 1.05 bits per heavy atom. The predicted octanol–water partition coefficient (Wildman–Crippen LogP) is 1.98. The maximum Gasteiger partial charge on any atom is 0.236 e. The average Bonchev–Trinajstić information content (AvgIpc) is 2.53. The minimum atomic E-state index is 0.340. The molecule has 0 radical (unpaired) electrons. The van der Waals surface area contributed by atoms with Crippen LogP contribution in [0, 0.1) is 0 Å². The van der Waals surface area contributed by atoms with E-state index in [9.17, 15) is 4.79 Å². The summed E-state index contributed by atoms with van der Waals surface area (Å²) >= 11 is 0. The molecule has 0 aromatic heterocycles. The molecule has 2 N–H and O–H groups in total. The van der Waals surface area contributed by atoms with E-state index in [0.717, 1.165) is 32.6 Å². The number of amides is 1. The van der Waals surface area contributed by atoms with Crippen LogP contribution >= 0.6 is 0 Å². The number of nitrogens with zero attached hydrogens (tertiary/aromatic N) is 2.